The van der Waals surface area contributed by atoms with E-state index in [0.29, 0.717) is 6.54 Å². The predicted molar refractivity (Wildman–Crippen MR) is 121 cm³/mol. The standard InChI is InChI=1S/C24H29N5O/c1-18-14-19(2)29(27-18)16-20-8-6-9-21(15-20)25-24(30)26-22-10-7-13-28(17-22)23-11-4-3-5-12-23/h3-6,8-9,11-12,14-15,22H,7,10,13,16-17H2,1-2H3,(H2,25,26,30). The number of benzene rings is 2. The van der Waals surface area contributed by atoms with Crippen molar-refractivity contribution in [2.24, 2.45) is 0 Å². The lowest BCUT2D eigenvalue weighted by Gasteiger charge is -2.34. The average molecular weight is 404 g/mol. The normalized spacial score (nSPS) is 16.3. The number of piperidine rings is 1. The van der Waals surface area contributed by atoms with Gasteiger partial charge in [-0.1, -0.05) is 30.3 Å². The molecule has 1 aliphatic heterocycles. The lowest BCUT2D eigenvalue weighted by atomic mass is 10.1. The molecule has 2 aromatic carbocycles. The highest BCUT2D eigenvalue weighted by atomic mass is 16.2. The Hall–Kier alpha value is -3.28. The molecule has 0 radical (unpaired) electrons. The summed E-state index contributed by atoms with van der Waals surface area (Å²) in [5, 5.41) is 10.6. The van der Waals surface area contributed by atoms with E-state index in [0.717, 1.165) is 48.6 Å². The van der Waals surface area contributed by atoms with Crippen LogP contribution in [0, 0.1) is 13.8 Å². The van der Waals surface area contributed by atoms with Gasteiger partial charge in [0.15, 0.2) is 0 Å². The summed E-state index contributed by atoms with van der Waals surface area (Å²) in [6.45, 7) is 6.59. The molecule has 2 N–H and O–H groups in total. The molecular formula is C24H29N5O. The summed E-state index contributed by atoms with van der Waals surface area (Å²) in [6, 6.07) is 20.4. The highest BCUT2D eigenvalue weighted by Crippen LogP contribution is 2.20. The van der Waals surface area contributed by atoms with E-state index in [-0.39, 0.29) is 12.1 Å². The summed E-state index contributed by atoms with van der Waals surface area (Å²) in [5.41, 5.74) is 5.25. The van der Waals surface area contributed by atoms with Gasteiger partial charge in [0, 0.05) is 36.2 Å². The number of nitrogens with one attached hydrogen (secondary N) is 2. The smallest absolute Gasteiger partial charge is 0.319 e. The van der Waals surface area contributed by atoms with Crippen molar-refractivity contribution < 1.29 is 4.79 Å². The molecule has 1 aliphatic rings. The summed E-state index contributed by atoms with van der Waals surface area (Å²) in [7, 11) is 0. The Balaban J connectivity index is 1.34. The van der Waals surface area contributed by atoms with Crippen molar-refractivity contribution in [3.63, 3.8) is 0 Å². The molecule has 2 heterocycles. The minimum Gasteiger partial charge on any atom is -0.369 e. The second-order valence-electron chi connectivity index (χ2n) is 8.00. The molecule has 0 aliphatic carbocycles. The number of anilines is 2. The zero-order valence-corrected chi connectivity index (χ0v) is 17.6. The maximum atomic E-state index is 12.6. The lowest BCUT2D eigenvalue weighted by Crippen LogP contribution is -2.49. The topological polar surface area (TPSA) is 62.2 Å². The number of nitrogens with zero attached hydrogens (tertiary/aromatic N) is 3. The zero-order chi connectivity index (χ0) is 20.9. The van der Waals surface area contributed by atoms with Gasteiger partial charge in [-0.25, -0.2) is 4.79 Å². The third-order valence-corrected chi connectivity index (χ3v) is 5.50. The van der Waals surface area contributed by atoms with Crippen LogP contribution >= 0.6 is 0 Å². The summed E-state index contributed by atoms with van der Waals surface area (Å²) in [6.07, 6.45) is 2.06. The van der Waals surface area contributed by atoms with Gasteiger partial charge in [0.25, 0.3) is 0 Å². The third kappa shape index (κ3) is 5.00. The molecule has 1 fully saturated rings. The van der Waals surface area contributed by atoms with E-state index in [4.69, 9.17) is 0 Å². The van der Waals surface area contributed by atoms with Gasteiger partial charge in [-0.2, -0.15) is 5.10 Å². The number of aromatic nitrogens is 2. The number of carbonyl (C=O) groups excluding carboxylic acids is 1. The van der Waals surface area contributed by atoms with Gasteiger partial charge in [-0.05, 0) is 62.6 Å². The van der Waals surface area contributed by atoms with E-state index >= 15 is 0 Å². The highest BCUT2D eigenvalue weighted by Gasteiger charge is 2.21. The fraction of sp³-hybridized carbons (Fsp3) is 0.333. The van der Waals surface area contributed by atoms with Crippen LogP contribution in [-0.4, -0.2) is 34.9 Å². The molecule has 0 bridgehead atoms. The number of carbonyl (C=O) groups is 1. The second kappa shape index (κ2) is 9.03. The lowest BCUT2D eigenvalue weighted by molar-refractivity contribution is 0.246. The first-order valence-electron chi connectivity index (χ1n) is 10.5. The maximum Gasteiger partial charge on any atom is 0.319 e. The van der Waals surface area contributed by atoms with Crippen molar-refractivity contribution in [2.45, 2.75) is 39.3 Å². The number of urea groups is 1. The number of hydrogen-bond donors (Lipinski definition) is 2. The van der Waals surface area contributed by atoms with Crippen molar-refractivity contribution in [1.82, 2.24) is 15.1 Å². The summed E-state index contributed by atoms with van der Waals surface area (Å²) < 4.78 is 1.98. The Kier molecular flexibility index (Phi) is 6.02. The molecule has 1 unspecified atom stereocenters. The van der Waals surface area contributed by atoms with Crippen LogP contribution in [0.5, 0.6) is 0 Å². The molecule has 6 heteroatoms. The van der Waals surface area contributed by atoms with E-state index in [1.54, 1.807) is 0 Å². The quantitative estimate of drug-likeness (QED) is 0.666. The van der Waals surface area contributed by atoms with E-state index in [1.807, 2.05) is 35.9 Å². The Bertz CT molecular complexity index is 998. The first kappa shape index (κ1) is 20.0. The van der Waals surface area contributed by atoms with Crippen molar-refractivity contribution in [1.29, 1.82) is 0 Å². The molecule has 0 saturated carbocycles. The first-order valence-corrected chi connectivity index (χ1v) is 10.5. The van der Waals surface area contributed by atoms with Crippen LogP contribution in [0.3, 0.4) is 0 Å². The van der Waals surface area contributed by atoms with Crippen LogP contribution in [0.1, 0.15) is 29.8 Å². The predicted octanol–water partition coefficient (Wildman–Crippen LogP) is 4.34. The molecule has 6 nitrogen and oxygen atoms in total. The maximum absolute atomic E-state index is 12.6. The third-order valence-electron chi connectivity index (χ3n) is 5.50. The molecule has 156 valence electrons. The van der Waals surface area contributed by atoms with E-state index in [2.05, 4.69) is 64.0 Å². The highest BCUT2D eigenvalue weighted by molar-refractivity contribution is 5.89. The van der Waals surface area contributed by atoms with Gasteiger partial charge < -0.3 is 15.5 Å². The number of hydrogen-bond acceptors (Lipinski definition) is 3. The zero-order valence-electron chi connectivity index (χ0n) is 17.6. The number of amides is 2. The number of rotatable bonds is 5. The second-order valence-corrected chi connectivity index (χ2v) is 8.00. The molecule has 1 atom stereocenters. The van der Waals surface area contributed by atoms with Gasteiger partial charge in [-0.15, -0.1) is 0 Å². The van der Waals surface area contributed by atoms with Crippen LogP contribution in [0.4, 0.5) is 16.2 Å². The van der Waals surface area contributed by atoms with Crippen LogP contribution in [0.15, 0.2) is 60.7 Å². The minimum absolute atomic E-state index is 0.136. The van der Waals surface area contributed by atoms with Gasteiger partial charge >= 0.3 is 6.03 Å². The SMILES string of the molecule is Cc1cc(C)n(Cc2cccc(NC(=O)NC3CCCN(c4ccccc4)C3)c2)n1. The van der Waals surface area contributed by atoms with Gasteiger partial charge in [-0.3, -0.25) is 4.68 Å². The van der Waals surface area contributed by atoms with Gasteiger partial charge in [0.1, 0.15) is 0 Å². The average Bonchev–Trinajstić information content (AvgIpc) is 3.05. The van der Waals surface area contributed by atoms with Gasteiger partial charge in [0.05, 0.1) is 12.2 Å². The summed E-state index contributed by atoms with van der Waals surface area (Å²) in [4.78, 5) is 14.9. The molecular weight excluding hydrogens is 374 g/mol. The molecule has 4 rings (SSSR count). The van der Waals surface area contributed by atoms with Crippen LogP contribution < -0.4 is 15.5 Å². The van der Waals surface area contributed by atoms with Crippen LogP contribution in [-0.2, 0) is 6.54 Å². The monoisotopic (exact) mass is 403 g/mol. The van der Waals surface area contributed by atoms with E-state index in [1.165, 1.54) is 5.69 Å². The summed E-state index contributed by atoms with van der Waals surface area (Å²) >= 11 is 0. The van der Waals surface area contributed by atoms with Crippen LogP contribution in [0.2, 0.25) is 0 Å². The molecule has 2 amide bonds. The molecule has 1 aromatic heterocycles. The van der Waals surface area contributed by atoms with Crippen molar-refractivity contribution >= 4 is 17.4 Å². The van der Waals surface area contributed by atoms with Crippen molar-refractivity contribution in [3.05, 3.63) is 77.6 Å². The van der Waals surface area contributed by atoms with Gasteiger partial charge in [0.2, 0.25) is 0 Å². The van der Waals surface area contributed by atoms with E-state index < -0.39 is 0 Å². The van der Waals surface area contributed by atoms with Crippen molar-refractivity contribution in [2.75, 3.05) is 23.3 Å². The largest absolute Gasteiger partial charge is 0.369 e. The molecule has 30 heavy (non-hydrogen) atoms. The fourth-order valence-electron chi connectivity index (χ4n) is 4.08. The summed E-state index contributed by atoms with van der Waals surface area (Å²) in [5.74, 6) is 0. The first-order chi connectivity index (χ1) is 14.6. The molecule has 0 spiro atoms. The Morgan fingerprint density at radius 3 is 2.70 bits per heavy atom. The van der Waals surface area contributed by atoms with Crippen LogP contribution in [0.25, 0.3) is 0 Å². The minimum atomic E-state index is -0.154. The van der Waals surface area contributed by atoms with Crippen molar-refractivity contribution in [3.8, 4) is 0 Å². The molecule has 3 aromatic rings. The Morgan fingerprint density at radius 1 is 1.10 bits per heavy atom. The molecule has 1 saturated heterocycles. The Morgan fingerprint density at radius 2 is 1.93 bits per heavy atom. The fourth-order valence-corrected chi connectivity index (χ4v) is 4.08. The number of aryl methyl sites for hydroxylation is 2. The number of para-hydroxylation sites is 1. The van der Waals surface area contributed by atoms with E-state index in [9.17, 15) is 4.79 Å². The Labute approximate surface area is 177 Å².